The van der Waals surface area contributed by atoms with Crippen LogP contribution in [0.2, 0.25) is 0 Å². The Morgan fingerprint density at radius 3 is 2.78 bits per heavy atom. The lowest BCUT2D eigenvalue weighted by Gasteiger charge is -2.25. The van der Waals surface area contributed by atoms with E-state index >= 15 is 0 Å². The van der Waals surface area contributed by atoms with Gasteiger partial charge in [0, 0.05) is 0 Å². The van der Waals surface area contributed by atoms with E-state index in [0.29, 0.717) is 5.75 Å². The summed E-state index contributed by atoms with van der Waals surface area (Å²) in [5.41, 5.74) is 0.572. The van der Waals surface area contributed by atoms with Crippen molar-refractivity contribution in [2.45, 2.75) is 38.9 Å². The Morgan fingerprint density at radius 2 is 2.06 bits per heavy atom. The topological polar surface area (TPSA) is 47.9 Å². The van der Waals surface area contributed by atoms with Crippen LogP contribution in [0.4, 0.5) is 0 Å². The highest BCUT2D eigenvalue weighted by Gasteiger charge is 2.20. The SMILES string of the molecule is CCC(C)(C)OCC(O)c1ccc2c(c1)OCO2. The van der Waals surface area contributed by atoms with E-state index in [1.807, 2.05) is 26.0 Å². The van der Waals surface area contributed by atoms with Crippen LogP contribution in [0.15, 0.2) is 18.2 Å². The minimum absolute atomic E-state index is 0.211. The lowest BCUT2D eigenvalue weighted by atomic mass is 10.1. The van der Waals surface area contributed by atoms with Crippen LogP contribution >= 0.6 is 0 Å². The minimum atomic E-state index is -0.648. The first-order valence-corrected chi connectivity index (χ1v) is 6.23. The van der Waals surface area contributed by atoms with Crippen LogP contribution in [-0.2, 0) is 4.74 Å². The number of fused-ring (bicyclic) bond motifs is 1. The number of rotatable bonds is 5. The Labute approximate surface area is 107 Å². The van der Waals surface area contributed by atoms with Gasteiger partial charge in [0.1, 0.15) is 6.10 Å². The third kappa shape index (κ3) is 2.94. The number of aliphatic hydroxyl groups is 1. The highest BCUT2D eigenvalue weighted by Crippen LogP contribution is 2.34. The fourth-order valence-electron chi connectivity index (χ4n) is 1.62. The van der Waals surface area contributed by atoms with Gasteiger partial charge in [0.2, 0.25) is 6.79 Å². The molecular weight excluding hydrogens is 232 g/mol. The molecule has 1 atom stereocenters. The van der Waals surface area contributed by atoms with Gasteiger partial charge in [-0.1, -0.05) is 13.0 Å². The predicted octanol–water partition coefficient (Wildman–Crippen LogP) is 2.65. The van der Waals surface area contributed by atoms with Crippen LogP contribution in [0.1, 0.15) is 38.9 Å². The summed E-state index contributed by atoms with van der Waals surface area (Å²) in [6, 6.07) is 5.45. The maximum absolute atomic E-state index is 10.1. The Hall–Kier alpha value is -1.26. The van der Waals surface area contributed by atoms with Crippen LogP contribution < -0.4 is 9.47 Å². The largest absolute Gasteiger partial charge is 0.454 e. The molecule has 1 heterocycles. The standard InChI is InChI=1S/C14H20O4/c1-4-14(2,3)18-8-11(15)10-5-6-12-13(7-10)17-9-16-12/h5-7,11,15H,4,8-9H2,1-3H3. The van der Waals surface area contributed by atoms with Crippen molar-refractivity contribution in [3.63, 3.8) is 0 Å². The van der Waals surface area contributed by atoms with E-state index in [1.165, 1.54) is 0 Å². The first kappa shape index (κ1) is 13.2. The molecule has 0 saturated carbocycles. The van der Waals surface area contributed by atoms with Crippen LogP contribution in [0.3, 0.4) is 0 Å². The molecule has 1 aromatic carbocycles. The van der Waals surface area contributed by atoms with Crippen molar-refractivity contribution in [2.75, 3.05) is 13.4 Å². The molecule has 1 aliphatic heterocycles. The second-order valence-corrected chi connectivity index (χ2v) is 5.05. The van der Waals surface area contributed by atoms with Gasteiger partial charge in [0.05, 0.1) is 12.2 Å². The number of aliphatic hydroxyl groups excluding tert-OH is 1. The smallest absolute Gasteiger partial charge is 0.231 e. The molecule has 2 rings (SSSR count). The molecule has 0 bridgehead atoms. The number of hydrogen-bond acceptors (Lipinski definition) is 4. The van der Waals surface area contributed by atoms with Gasteiger partial charge in [0.15, 0.2) is 11.5 Å². The predicted molar refractivity (Wildman–Crippen MR) is 67.8 cm³/mol. The fourth-order valence-corrected chi connectivity index (χ4v) is 1.62. The van der Waals surface area contributed by atoms with Crippen LogP contribution in [-0.4, -0.2) is 24.1 Å². The second-order valence-electron chi connectivity index (χ2n) is 5.05. The van der Waals surface area contributed by atoms with Gasteiger partial charge in [-0.3, -0.25) is 0 Å². The third-order valence-corrected chi connectivity index (χ3v) is 3.26. The van der Waals surface area contributed by atoms with Crippen LogP contribution in [0.5, 0.6) is 11.5 Å². The molecule has 0 radical (unpaired) electrons. The van der Waals surface area contributed by atoms with Crippen molar-refractivity contribution < 1.29 is 19.3 Å². The average molecular weight is 252 g/mol. The lowest BCUT2D eigenvalue weighted by Crippen LogP contribution is -2.25. The van der Waals surface area contributed by atoms with E-state index in [2.05, 4.69) is 6.92 Å². The molecule has 0 spiro atoms. The van der Waals surface area contributed by atoms with E-state index in [-0.39, 0.29) is 19.0 Å². The summed E-state index contributed by atoms with van der Waals surface area (Å²) in [6.45, 7) is 6.61. The summed E-state index contributed by atoms with van der Waals surface area (Å²) in [6.07, 6.45) is 0.256. The minimum Gasteiger partial charge on any atom is -0.454 e. The normalized spacial score (nSPS) is 15.8. The summed E-state index contributed by atoms with van der Waals surface area (Å²) in [4.78, 5) is 0. The van der Waals surface area contributed by atoms with Crippen molar-refractivity contribution in [2.24, 2.45) is 0 Å². The van der Waals surface area contributed by atoms with Crippen LogP contribution in [0.25, 0.3) is 0 Å². The monoisotopic (exact) mass is 252 g/mol. The van der Waals surface area contributed by atoms with Gasteiger partial charge < -0.3 is 19.3 Å². The molecule has 1 aromatic rings. The molecule has 1 unspecified atom stereocenters. The van der Waals surface area contributed by atoms with Gasteiger partial charge >= 0.3 is 0 Å². The summed E-state index contributed by atoms with van der Waals surface area (Å²) < 4.78 is 16.2. The summed E-state index contributed by atoms with van der Waals surface area (Å²) in [5.74, 6) is 1.40. The van der Waals surface area contributed by atoms with Gasteiger partial charge in [-0.25, -0.2) is 0 Å². The highest BCUT2D eigenvalue weighted by molar-refractivity contribution is 5.45. The van der Waals surface area contributed by atoms with Crippen molar-refractivity contribution in [3.8, 4) is 11.5 Å². The second kappa shape index (κ2) is 5.16. The first-order valence-electron chi connectivity index (χ1n) is 6.23. The zero-order valence-corrected chi connectivity index (χ0v) is 11.1. The van der Waals surface area contributed by atoms with E-state index in [9.17, 15) is 5.11 Å². The zero-order chi connectivity index (χ0) is 13.2. The maximum Gasteiger partial charge on any atom is 0.231 e. The molecule has 4 heteroatoms. The molecule has 100 valence electrons. The van der Waals surface area contributed by atoms with E-state index in [1.54, 1.807) is 6.07 Å². The van der Waals surface area contributed by atoms with E-state index < -0.39 is 6.10 Å². The van der Waals surface area contributed by atoms with Crippen molar-refractivity contribution in [1.82, 2.24) is 0 Å². The summed E-state index contributed by atoms with van der Waals surface area (Å²) in [5, 5.41) is 10.1. The van der Waals surface area contributed by atoms with Gasteiger partial charge in [0.25, 0.3) is 0 Å². The summed E-state index contributed by atoms with van der Waals surface area (Å²) in [7, 11) is 0. The number of benzene rings is 1. The molecular formula is C14H20O4. The Bertz CT molecular complexity index is 414. The van der Waals surface area contributed by atoms with E-state index in [4.69, 9.17) is 14.2 Å². The van der Waals surface area contributed by atoms with Gasteiger partial charge in [-0.2, -0.15) is 0 Å². The molecule has 0 aliphatic carbocycles. The van der Waals surface area contributed by atoms with Crippen molar-refractivity contribution in [1.29, 1.82) is 0 Å². The van der Waals surface area contributed by atoms with Crippen molar-refractivity contribution in [3.05, 3.63) is 23.8 Å². The fraction of sp³-hybridized carbons (Fsp3) is 0.571. The Balaban J connectivity index is 1.99. The molecule has 18 heavy (non-hydrogen) atoms. The van der Waals surface area contributed by atoms with E-state index in [0.717, 1.165) is 17.7 Å². The average Bonchev–Trinajstić information content (AvgIpc) is 2.83. The van der Waals surface area contributed by atoms with Gasteiger partial charge in [-0.15, -0.1) is 0 Å². The number of hydrogen-bond donors (Lipinski definition) is 1. The Kier molecular flexibility index (Phi) is 3.78. The lowest BCUT2D eigenvalue weighted by molar-refractivity contribution is -0.0618. The summed E-state index contributed by atoms with van der Waals surface area (Å²) >= 11 is 0. The Morgan fingerprint density at radius 1 is 1.33 bits per heavy atom. The quantitative estimate of drug-likeness (QED) is 0.875. The molecule has 4 nitrogen and oxygen atoms in total. The third-order valence-electron chi connectivity index (χ3n) is 3.26. The zero-order valence-electron chi connectivity index (χ0n) is 11.1. The molecule has 0 saturated heterocycles. The molecule has 0 aromatic heterocycles. The molecule has 1 N–H and O–H groups in total. The maximum atomic E-state index is 10.1. The van der Waals surface area contributed by atoms with Crippen LogP contribution in [0, 0.1) is 0 Å². The first-order chi connectivity index (χ1) is 8.52. The highest BCUT2D eigenvalue weighted by atomic mass is 16.7. The molecule has 0 amide bonds. The van der Waals surface area contributed by atoms with Gasteiger partial charge in [-0.05, 0) is 38.0 Å². The van der Waals surface area contributed by atoms with Crippen molar-refractivity contribution >= 4 is 0 Å². The number of ether oxygens (including phenoxy) is 3. The molecule has 1 aliphatic rings. The molecule has 0 fully saturated rings.